The van der Waals surface area contributed by atoms with Crippen molar-refractivity contribution < 1.29 is 0 Å². The van der Waals surface area contributed by atoms with Crippen LogP contribution in [0, 0.1) is 16.7 Å². The van der Waals surface area contributed by atoms with Crippen LogP contribution in [0.3, 0.4) is 0 Å². The minimum Gasteiger partial charge on any atom is -0.387 e. The fourth-order valence-corrected chi connectivity index (χ4v) is 4.48. The van der Waals surface area contributed by atoms with E-state index in [-0.39, 0.29) is 0 Å². The molecule has 2 saturated carbocycles. The normalized spacial score (nSPS) is 35.4. The maximum absolute atomic E-state index is 4.31. The van der Waals surface area contributed by atoms with Crippen LogP contribution in [0.15, 0.2) is 18.5 Å². The number of anilines is 2. The van der Waals surface area contributed by atoms with Crippen molar-refractivity contribution in [2.45, 2.75) is 46.1 Å². The molecule has 0 aromatic carbocycles. The number of hydrogen-bond donors (Lipinski definition) is 2. The minimum absolute atomic E-state index is 0.378. The Labute approximate surface area is 116 Å². The van der Waals surface area contributed by atoms with Crippen LogP contribution in [0.2, 0.25) is 0 Å². The molecular weight excluding hydrogens is 234 g/mol. The molecule has 1 heterocycles. The molecular formula is C16H25N3. The second-order valence-corrected chi connectivity index (χ2v) is 7.20. The summed E-state index contributed by atoms with van der Waals surface area (Å²) < 4.78 is 0. The molecule has 3 atom stereocenters. The van der Waals surface area contributed by atoms with E-state index >= 15 is 0 Å². The van der Waals surface area contributed by atoms with Crippen LogP contribution in [-0.2, 0) is 0 Å². The maximum atomic E-state index is 4.31. The zero-order valence-electron chi connectivity index (χ0n) is 12.5. The largest absolute Gasteiger partial charge is 0.387 e. The summed E-state index contributed by atoms with van der Waals surface area (Å²) in [6, 6.07) is 2.70. The van der Waals surface area contributed by atoms with Crippen molar-refractivity contribution >= 4 is 11.4 Å². The molecule has 2 aliphatic carbocycles. The van der Waals surface area contributed by atoms with Crippen molar-refractivity contribution in [1.82, 2.24) is 4.98 Å². The Morgan fingerprint density at radius 3 is 2.58 bits per heavy atom. The van der Waals surface area contributed by atoms with E-state index in [4.69, 9.17) is 0 Å². The van der Waals surface area contributed by atoms with E-state index in [1.165, 1.54) is 19.3 Å². The van der Waals surface area contributed by atoms with Crippen LogP contribution >= 0.6 is 0 Å². The van der Waals surface area contributed by atoms with Crippen LogP contribution in [0.4, 0.5) is 11.4 Å². The number of rotatable bonds is 3. The lowest BCUT2D eigenvalue weighted by Gasteiger charge is -2.43. The number of pyridine rings is 1. The predicted octanol–water partition coefficient (Wildman–Crippen LogP) is 3.75. The smallest absolute Gasteiger partial charge is 0.0550 e. The molecule has 1 aromatic heterocycles. The summed E-state index contributed by atoms with van der Waals surface area (Å²) in [5, 5.41) is 6.93. The maximum Gasteiger partial charge on any atom is 0.0550 e. The van der Waals surface area contributed by atoms with Gasteiger partial charge in [-0.25, -0.2) is 0 Å². The van der Waals surface area contributed by atoms with Crippen LogP contribution in [-0.4, -0.2) is 18.1 Å². The second-order valence-electron chi connectivity index (χ2n) is 7.20. The number of aromatic nitrogens is 1. The van der Waals surface area contributed by atoms with Crippen LogP contribution in [0.1, 0.15) is 40.0 Å². The molecule has 3 nitrogen and oxygen atoms in total. The Hall–Kier alpha value is -1.25. The quantitative estimate of drug-likeness (QED) is 0.868. The SMILES string of the molecule is CNc1cncc(NC2C3(C)CCC(C3)C2(C)C)c1. The van der Waals surface area contributed by atoms with Gasteiger partial charge < -0.3 is 10.6 Å². The first kappa shape index (κ1) is 12.8. The summed E-state index contributed by atoms with van der Waals surface area (Å²) in [6.07, 6.45) is 7.93. The van der Waals surface area contributed by atoms with Crippen LogP contribution in [0.5, 0.6) is 0 Å². The van der Waals surface area contributed by atoms with Crippen molar-refractivity contribution in [2.75, 3.05) is 17.7 Å². The third-order valence-electron chi connectivity index (χ3n) is 5.61. The van der Waals surface area contributed by atoms with E-state index in [0.29, 0.717) is 16.9 Å². The van der Waals surface area contributed by atoms with Crippen LogP contribution in [0.25, 0.3) is 0 Å². The van der Waals surface area contributed by atoms with Gasteiger partial charge in [-0.3, -0.25) is 4.98 Å². The van der Waals surface area contributed by atoms with Gasteiger partial charge in [0.05, 0.1) is 23.8 Å². The fourth-order valence-electron chi connectivity index (χ4n) is 4.48. The van der Waals surface area contributed by atoms with Gasteiger partial charge in [0.2, 0.25) is 0 Å². The standard InChI is InChI=1S/C16H25N3/c1-15(2)11-5-6-16(3,8-11)14(15)19-13-7-12(17-4)9-18-10-13/h7,9-11,14,17,19H,5-6,8H2,1-4H3. The van der Waals surface area contributed by atoms with Gasteiger partial charge in [-0.05, 0) is 42.1 Å². The van der Waals surface area contributed by atoms with Crippen molar-refractivity contribution in [3.63, 3.8) is 0 Å². The molecule has 0 saturated heterocycles. The number of fused-ring (bicyclic) bond motifs is 2. The summed E-state index contributed by atoms with van der Waals surface area (Å²) in [5.41, 5.74) is 3.03. The van der Waals surface area contributed by atoms with Gasteiger partial charge in [0, 0.05) is 13.1 Å². The monoisotopic (exact) mass is 259 g/mol. The molecule has 0 aliphatic heterocycles. The summed E-state index contributed by atoms with van der Waals surface area (Å²) in [6.45, 7) is 7.30. The molecule has 2 aliphatic rings. The predicted molar refractivity (Wildman–Crippen MR) is 80.4 cm³/mol. The zero-order valence-corrected chi connectivity index (χ0v) is 12.5. The molecule has 2 N–H and O–H groups in total. The Morgan fingerprint density at radius 1 is 1.21 bits per heavy atom. The highest BCUT2D eigenvalue weighted by atomic mass is 15.0. The second kappa shape index (κ2) is 4.12. The molecule has 19 heavy (non-hydrogen) atoms. The molecule has 2 fully saturated rings. The van der Waals surface area contributed by atoms with Crippen molar-refractivity contribution in [3.8, 4) is 0 Å². The van der Waals surface area contributed by atoms with E-state index < -0.39 is 0 Å². The molecule has 104 valence electrons. The van der Waals surface area contributed by atoms with Gasteiger partial charge in [0.25, 0.3) is 0 Å². The highest BCUT2D eigenvalue weighted by Crippen LogP contribution is 2.63. The first-order chi connectivity index (χ1) is 8.95. The first-order valence-corrected chi connectivity index (χ1v) is 7.35. The summed E-state index contributed by atoms with van der Waals surface area (Å²) in [5.74, 6) is 0.871. The third kappa shape index (κ3) is 1.90. The van der Waals surface area contributed by atoms with Gasteiger partial charge in [0.15, 0.2) is 0 Å². The third-order valence-corrected chi connectivity index (χ3v) is 5.61. The molecule has 3 unspecified atom stereocenters. The van der Waals surface area contributed by atoms with Gasteiger partial charge in [0.1, 0.15) is 0 Å². The van der Waals surface area contributed by atoms with Gasteiger partial charge >= 0.3 is 0 Å². The highest BCUT2D eigenvalue weighted by Gasteiger charge is 2.59. The van der Waals surface area contributed by atoms with Crippen molar-refractivity contribution in [3.05, 3.63) is 18.5 Å². The molecule has 1 aromatic rings. The molecule has 0 radical (unpaired) electrons. The lowest BCUT2D eigenvalue weighted by Crippen LogP contribution is -2.45. The van der Waals surface area contributed by atoms with Gasteiger partial charge in [-0.1, -0.05) is 20.8 Å². The topological polar surface area (TPSA) is 37.0 Å². The summed E-state index contributed by atoms with van der Waals surface area (Å²) in [4.78, 5) is 4.31. The zero-order chi connectivity index (χ0) is 13.7. The Morgan fingerprint density at radius 2 is 1.95 bits per heavy atom. The lowest BCUT2D eigenvalue weighted by molar-refractivity contribution is 0.155. The minimum atomic E-state index is 0.378. The Kier molecular flexibility index (Phi) is 2.77. The van der Waals surface area contributed by atoms with Gasteiger partial charge in [-0.15, -0.1) is 0 Å². The molecule has 3 rings (SSSR count). The number of nitrogens with zero attached hydrogens (tertiary/aromatic N) is 1. The number of hydrogen-bond acceptors (Lipinski definition) is 3. The van der Waals surface area contributed by atoms with Crippen LogP contribution < -0.4 is 10.6 Å². The van der Waals surface area contributed by atoms with E-state index in [1.807, 2.05) is 19.4 Å². The van der Waals surface area contributed by atoms with Gasteiger partial charge in [-0.2, -0.15) is 0 Å². The number of nitrogens with one attached hydrogen (secondary N) is 2. The van der Waals surface area contributed by atoms with E-state index in [9.17, 15) is 0 Å². The van der Waals surface area contributed by atoms with Crippen molar-refractivity contribution in [2.24, 2.45) is 16.7 Å². The Bertz CT molecular complexity index is 478. The lowest BCUT2D eigenvalue weighted by atomic mass is 9.68. The highest BCUT2D eigenvalue weighted by molar-refractivity contribution is 5.54. The fraction of sp³-hybridized carbons (Fsp3) is 0.688. The van der Waals surface area contributed by atoms with E-state index in [1.54, 1.807) is 0 Å². The summed E-state index contributed by atoms with van der Waals surface area (Å²) >= 11 is 0. The average Bonchev–Trinajstić information content (AvgIpc) is 2.86. The Balaban J connectivity index is 1.86. The average molecular weight is 259 g/mol. The van der Waals surface area contributed by atoms with E-state index in [2.05, 4.69) is 42.5 Å². The molecule has 0 spiro atoms. The first-order valence-electron chi connectivity index (χ1n) is 7.35. The molecule has 0 amide bonds. The molecule has 3 heteroatoms. The van der Waals surface area contributed by atoms with Crippen molar-refractivity contribution in [1.29, 1.82) is 0 Å². The van der Waals surface area contributed by atoms with E-state index in [0.717, 1.165) is 17.3 Å². The summed E-state index contributed by atoms with van der Waals surface area (Å²) in [7, 11) is 1.93. The molecule has 2 bridgehead atoms.